The average Bonchev–Trinajstić information content (AvgIpc) is 2.33. The molecule has 1 fully saturated rings. The number of nitrogens with zero attached hydrogens (tertiary/aromatic N) is 1. The number of nitrogens with one attached hydrogen (secondary N) is 1. The summed E-state index contributed by atoms with van der Waals surface area (Å²) in [6.45, 7) is 9.41. The van der Waals surface area contributed by atoms with Crippen molar-refractivity contribution in [1.82, 2.24) is 10.2 Å². The van der Waals surface area contributed by atoms with Crippen LogP contribution in [0.2, 0.25) is 0 Å². The molecule has 0 radical (unpaired) electrons. The van der Waals surface area contributed by atoms with Crippen LogP contribution in [0, 0.1) is 0 Å². The largest absolute Gasteiger partial charge is 0.379 e. The van der Waals surface area contributed by atoms with Crippen molar-refractivity contribution in [3.05, 3.63) is 12.7 Å². The summed E-state index contributed by atoms with van der Waals surface area (Å²) in [5, 5.41) is 3.23. The molecule has 0 saturated carbocycles. The zero-order valence-corrected chi connectivity index (χ0v) is 10.8. The van der Waals surface area contributed by atoms with Gasteiger partial charge in [-0.3, -0.25) is 4.79 Å². The Morgan fingerprint density at radius 2 is 2.41 bits per heavy atom. The van der Waals surface area contributed by atoms with Gasteiger partial charge in [0, 0.05) is 13.1 Å². The minimum absolute atomic E-state index is 0.0157. The van der Waals surface area contributed by atoms with Crippen LogP contribution < -0.4 is 5.32 Å². The van der Waals surface area contributed by atoms with Gasteiger partial charge in [0.1, 0.15) is 0 Å². The van der Waals surface area contributed by atoms with Crippen LogP contribution in [0.25, 0.3) is 0 Å². The van der Waals surface area contributed by atoms with E-state index in [-0.39, 0.29) is 11.9 Å². The number of likely N-dealkylation sites (tertiary alicyclic amines) is 1. The van der Waals surface area contributed by atoms with Gasteiger partial charge in [-0.2, -0.15) is 0 Å². The van der Waals surface area contributed by atoms with E-state index >= 15 is 0 Å². The molecule has 1 aliphatic heterocycles. The predicted octanol–water partition coefficient (Wildman–Crippen LogP) is 1.18. The summed E-state index contributed by atoms with van der Waals surface area (Å²) in [5.41, 5.74) is 0. The highest BCUT2D eigenvalue weighted by molar-refractivity contribution is 5.82. The molecule has 0 aromatic heterocycles. The van der Waals surface area contributed by atoms with E-state index in [1.165, 1.54) is 0 Å². The number of amides is 1. The number of ether oxygens (including phenoxy) is 1. The molecule has 1 saturated heterocycles. The molecule has 4 heteroatoms. The smallest absolute Gasteiger partial charge is 0.239 e. The first-order valence-electron chi connectivity index (χ1n) is 6.50. The zero-order valence-electron chi connectivity index (χ0n) is 10.8. The van der Waals surface area contributed by atoms with Gasteiger partial charge in [0.15, 0.2) is 0 Å². The normalized spacial score (nSPS) is 20.6. The van der Waals surface area contributed by atoms with Crippen LogP contribution in [-0.2, 0) is 9.53 Å². The highest BCUT2D eigenvalue weighted by Gasteiger charge is 2.27. The highest BCUT2D eigenvalue weighted by atomic mass is 16.5. The number of piperidine rings is 1. The number of hydrogen-bond donors (Lipinski definition) is 1. The molecule has 1 rings (SSSR count). The van der Waals surface area contributed by atoms with Gasteiger partial charge in [-0.05, 0) is 25.8 Å². The first-order chi connectivity index (χ1) is 8.29. The van der Waals surface area contributed by atoms with E-state index < -0.39 is 0 Å². The molecule has 0 aliphatic carbocycles. The second-order valence-corrected chi connectivity index (χ2v) is 4.27. The molecule has 1 amide bonds. The minimum Gasteiger partial charge on any atom is -0.379 e. The van der Waals surface area contributed by atoms with Gasteiger partial charge in [-0.15, -0.1) is 6.58 Å². The SMILES string of the molecule is C=CCCOCCN1CCCC(NCC)C1=O. The molecule has 1 N–H and O–H groups in total. The van der Waals surface area contributed by atoms with E-state index in [1.54, 1.807) is 0 Å². The van der Waals surface area contributed by atoms with Gasteiger partial charge in [0.25, 0.3) is 0 Å². The Morgan fingerprint density at radius 1 is 1.59 bits per heavy atom. The number of likely N-dealkylation sites (N-methyl/N-ethyl adjacent to an activating group) is 1. The Bertz CT molecular complexity index is 242. The molecular formula is C13H24N2O2. The van der Waals surface area contributed by atoms with E-state index in [1.807, 2.05) is 17.9 Å². The van der Waals surface area contributed by atoms with Crippen LogP contribution in [0.15, 0.2) is 12.7 Å². The highest BCUT2D eigenvalue weighted by Crippen LogP contribution is 2.11. The maximum atomic E-state index is 12.0. The molecule has 0 aromatic rings. The molecule has 1 aliphatic rings. The third-order valence-electron chi connectivity index (χ3n) is 2.95. The van der Waals surface area contributed by atoms with Gasteiger partial charge in [0.2, 0.25) is 5.91 Å². The number of rotatable bonds is 8. The molecule has 1 atom stereocenters. The van der Waals surface area contributed by atoms with Gasteiger partial charge in [-0.1, -0.05) is 13.0 Å². The van der Waals surface area contributed by atoms with Crippen molar-refractivity contribution in [2.75, 3.05) is 32.8 Å². The van der Waals surface area contributed by atoms with Gasteiger partial charge in [-0.25, -0.2) is 0 Å². The lowest BCUT2D eigenvalue weighted by Gasteiger charge is -2.32. The van der Waals surface area contributed by atoms with Crippen LogP contribution in [0.4, 0.5) is 0 Å². The lowest BCUT2D eigenvalue weighted by molar-refractivity contribution is -0.136. The summed E-state index contributed by atoms with van der Waals surface area (Å²) in [6.07, 6.45) is 4.75. The summed E-state index contributed by atoms with van der Waals surface area (Å²) in [4.78, 5) is 13.9. The molecule has 0 aromatic carbocycles. The van der Waals surface area contributed by atoms with Crippen molar-refractivity contribution in [3.63, 3.8) is 0 Å². The first kappa shape index (κ1) is 14.2. The molecule has 0 bridgehead atoms. The van der Waals surface area contributed by atoms with Gasteiger partial charge >= 0.3 is 0 Å². The Labute approximate surface area is 104 Å². The van der Waals surface area contributed by atoms with E-state index in [0.717, 1.165) is 32.4 Å². The molecule has 17 heavy (non-hydrogen) atoms. The van der Waals surface area contributed by atoms with E-state index in [9.17, 15) is 4.79 Å². The van der Waals surface area contributed by atoms with Crippen LogP contribution in [0.5, 0.6) is 0 Å². The van der Waals surface area contributed by atoms with Crippen molar-refractivity contribution < 1.29 is 9.53 Å². The minimum atomic E-state index is 0.0157. The fraction of sp³-hybridized carbons (Fsp3) is 0.769. The van der Waals surface area contributed by atoms with Crippen LogP contribution in [-0.4, -0.2) is 49.7 Å². The lowest BCUT2D eigenvalue weighted by Crippen LogP contribution is -2.51. The maximum absolute atomic E-state index is 12.0. The molecule has 0 spiro atoms. The molecule has 1 unspecified atom stereocenters. The summed E-state index contributed by atoms with van der Waals surface area (Å²) in [5.74, 6) is 0.227. The predicted molar refractivity (Wildman–Crippen MR) is 68.9 cm³/mol. The molecule has 98 valence electrons. The second kappa shape index (κ2) is 8.25. The van der Waals surface area contributed by atoms with E-state index in [0.29, 0.717) is 19.8 Å². The Hall–Kier alpha value is -0.870. The first-order valence-corrected chi connectivity index (χ1v) is 6.50. The quantitative estimate of drug-likeness (QED) is 0.512. The van der Waals surface area contributed by atoms with Crippen molar-refractivity contribution >= 4 is 5.91 Å². The van der Waals surface area contributed by atoms with Gasteiger partial charge < -0.3 is 15.0 Å². The van der Waals surface area contributed by atoms with E-state index in [2.05, 4.69) is 11.9 Å². The van der Waals surface area contributed by atoms with Crippen molar-refractivity contribution in [1.29, 1.82) is 0 Å². The number of hydrogen-bond acceptors (Lipinski definition) is 3. The summed E-state index contributed by atoms with van der Waals surface area (Å²) < 4.78 is 5.43. The maximum Gasteiger partial charge on any atom is 0.239 e. The zero-order chi connectivity index (χ0) is 12.5. The Morgan fingerprint density at radius 3 is 3.12 bits per heavy atom. The Balaban J connectivity index is 2.22. The molecule has 4 nitrogen and oxygen atoms in total. The number of carbonyl (C=O) groups excluding carboxylic acids is 1. The standard InChI is InChI=1S/C13H24N2O2/c1-3-5-10-17-11-9-15-8-6-7-12(13(15)16)14-4-2/h3,12,14H,1,4-11H2,2H3. The third-order valence-corrected chi connectivity index (χ3v) is 2.95. The summed E-state index contributed by atoms with van der Waals surface area (Å²) in [6, 6.07) is 0.0157. The van der Waals surface area contributed by atoms with Crippen molar-refractivity contribution in [2.24, 2.45) is 0 Å². The van der Waals surface area contributed by atoms with Crippen LogP contribution >= 0.6 is 0 Å². The second-order valence-electron chi connectivity index (χ2n) is 4.27. The Kier molecular flexibility index (Phi) is 6.89. The lowest BCUT2D eigenvalue weighted by atomic mass is 10.0. The average molecular weight is 240 g/mol. The summed E-state index contributed by atoms with van der Waals surface area (Å²) >= 11 is 0. The van der Waals surface area contributed by atoms with E-state index in [4.69, 9.17) is 4.74 Å². The molecular weight excluding hydrogens is 216 g/mol. The fourth-order valence-electron chi connectivity index (χ4n) is 2.04. The van der Waals surface area contributed by atoms with Crippen LogP contribution in [0.3, 0.4) is 0 Å². The monoisotopic (exact) mass is 240 g/mol. The van der Waals surface area contributed by atoms with Gasteiger partial charge in [0.05, 0.1) is 19.3 Å². The fourth-order valence-corrected chi connectivity index (χ4v) is 2.04. The molecule has 1 heterocycles. The third kappa shape index (κ3) is 4.88. The van der Waals surface area contributed by atoms with Crippen LogP contribution in [0.1, 0.15) is 26.2 Å². The summed E-state index contributed by atoms with van der Waals surface area (Å²) in [7, 11) is 0. The number of carbonyl (C=O) groups is 1. The topological polar surface area (TPSA) is 41.6 Å². The van der Waals surface area contributed by atoms with Crippen molar-refractivity contribution in [2.45, 2.75) is 32.2 Å². The van der Waals surface area contributed by atoms with Crippen molar-refractivity contribution in [3.8, 4) is 0 Å².